The van der Waals surface area contributed by atoms with E-state index in [-0.39, 0.29) is 70.5 Å². The van der Waals surface area contributed by atoms with Crippen LogP contribution in [0.25, 0.3) is 10.8 Å². The third-order valence-electron chi connectivity index (χ3n) is 6.77. The van der Waals surface area contributed by atoms with Gasteiger partial charge in [-0.05, 0) is 41.8 Å². The predicted molar refractivity (Wildman–Crippen MR) is 171 cm³/mol. The summed E-state index contributed by atoms with van der Waals surface area (Å²) in [6, 6.07) is 10.6. The molecule has 0 radical (unpaired) electrons. The minimum absolute atomic E-state index is 0. The van der Waals surface area contributed by atoms with Crippen molar-refractivity contribution in [2.75, 3.05) is 0 Å². The van der Waals surface area contributed by atoms with Gasteiger partial charge in [-0.25, -0.2) is 0 Å². The zero-order chi connectivity index (χ0) is 38.1. The molecule has 4 N–H and O–H groups in total. The van der Waals surface area contributed by atoms with Gasteiger partial charge in [0.1, 0.15) is 22.0 Å². The molecule has 0 unspecified atom stereocenters. The van der Waals surface area contributed by atoms with Gasteiger partial charge in [0.05, 0.1) is 37.2 Å². The summed E-state index contributed by atoms with van der Waals surface area (Å²) in [5.74, 6) is -3.85. The first-order valence-electron chi connectivity index (χ1n) is 13.6. The molecule has 0 aromatic heterocycles. The van der Waals surface area contributed by atoms with Crippen LogP contribution < -0.4 is 69.3 Å². The summed E-state index contributed by atoms with van der Waals surface area (Å²) in [7, 11) is -10.3. The Morgan fingerprint density at radius 1 is 0.556 bits per heavy atom. The smallest absolute Gasteiger partial charge is 0.871 e. The molecule has 0 aliphatic rings. The molecule has 54 heavy (non-hydrogen) atoms. The molecule has 5 aromatic rings. The number of nitro benzene ring substituents is 2. The number of aromatic hydroxyl groups is 2. The number of hydrogen-bond acceptors (Lipinski definition) is 18. The molecule has 0 amide bonds. The van der Waals surface area contributed by atoms with Crippen molar-refractivity contribution in [3.8, 4) is 23.0 Å². The van der Waals surface area contributed by atoms with Crippen LogP contribution in [0.5, 0.6) is 23.0 Å². The Bertz CT molecular complexity index is 2640. The second-order valence-electron chi connectivity index (χ2n) is 10.1. The number of nitro groups is 2. The molecule has 5 rings (SSSR count). The van der Waals surface area contributed by atoms with Crippen LogP contribution in [-0.2, 0) is 20.2 Å². The maximum Gasteiger partial charge on any atom is 1.00 e. The van der Waals surface area contributed by atoms with Crippen molar-refractivity contribution >= 4 is 76.5 Å². The molecule has 26 heteroatoms. The van der Waals surface area contributed by atoms with E-state index in [4.69, 9.17) is 0 Å². The van der Waals surface area contributed by atoms with Crippen LogP contribution in [0.15, 0.2) is 113 Å². The van der Waals surface area contributed by atoms with Gasteiger partial charge in [-0.15, -0.1) is 20.5 Å². The summed E-state index contributed by atoms with van der Waals surface area (Å²) in [6.07, 6.45) is 0. The molecule has 0 spiro atoms. The Kier molecular flexibility index (Phi) is 13.6. The first kappa shape index (κ1) is 43.4. The topological polar surface area (TPSA) is 356 Å². The number of fused-ring (bicyclic) bond motifs is 1. The molecule has 0 fully saturated rings. The van der Waals surface area contributed by atoms with Gasteiger partial charge < -0.3 is 20.4 Å². The minimum atomic E-state index is -5.24. The van der Waals surface area contributed by atoms with E-state index in [1.54, 1.807) is 0 Å². The van der Waals surface area contributed by atoms with Gasteiger partial charge in [0.2, 0.25) is 0 Å². The quantitative estimate of drug-likeness (QED) is 0.0474. The molecule has 0 saturated carbocycles. The standard InChI is InChI=1S/C28H18N8O14S2.2Na/c37-21-7-5-16(36(43)44)11-19(21)31-33-25-22(38)8-6-18(27(25)39)30-32-20-12-17(51(45,46)47)9-13-10-23(52(48,49)50)26(28(40)24(13)20)34-29-14-1-3-15(4-2-14)35(41)42;;/h1-12,37-40H,(H,45,46,47)(H,48,49,50);;/q;2*+1/p-2. The molecule has 5 aromatic carbocycles. The van der Waals surface area contributed by atoms with Crippen molar-refractivity contribution in [3.63, 3.8) is 0 Å². The number of nitrogens with zero attached hydrogens (tertiary/aromatic N) is 8. The van der Waals surface area contributed by atoms with Crippen LogP contribution >= 0.6 is 0 Å². The van der Waals surface area contributed by atoms with E-state index in [0.29, 0.717) is 18.2 Å². The zero-order valence-electron chi connectivity index (χ0n) is 27.2. The number of hydrogen-bond donors (Lipinski definition) is 4. The Morgan fingerprint density at radius 2 is 1.11 bits per heavy atom. The maximum absolute atomic E-state index is 12.5. The second-order valence-corrected chi connectivity index (χ2v) is 12.9. The number of phenolic OH excluding ortho intramolecular Hbond substituents is 2. The molecule has 0 bridgehead atoms. The van der Waals surface area contributed by atoms with E-state index < -0.39 is 108 Å². The van der Waals surface area contributed by atoms with Crippen LogP contribution in [0.2, 0.25) is 0 Å². The molecular weight excluding hydrogens is 782 g/mol. The molecule has 0 atom stereocenters. The van der Waals surface area contributed by atoms with E-state index in [2.05, 4.69) is 30.7 Å². The first-order chi connectivity index (χ1) is 24.3. The number of phenols is 2. The summed E-state index contributed by atoms with van der Waals surface area (Å²) in [5, 5.41) is 89.5. The molecule has 0 aliphatic carbocycles. The van der Waals surface area contributed by atoms with Gasteiger partial charge in [0.25, 0.3) is 31.6 Å². The number of benzene rings is 5. The first-order valence-corrected chi connectivity index (χ1v) is 16.5. The molecule has 0 heterocycles. The van der Waals surface area contributed by atoms with Gasteiger partial charge in [0.15, 0.2) is 11.5 Å². The maximum atomic E-state index is 12.5. The van der Waals surface area contributed by atoms with E-state index in [1.165, 1.54) is 0 Å². The van der Waals surface area contributed by atoms with Crippen LogP contribution in [0, 0.1) is 20.2 Å². The van der Waals surface area contributed by atoms with Crippen molar-refractivity contribution in [1.82, 2.24) is 0 Å². The van der Waals surface area contributed by atoms with Crippen LogP contribution in [0.1, 0.15) is 0 Å². The Hall–Kier alpha value is -5.02. The summed E-state index contributed by atoms with van der Waals surface area (Å²) in [5.41, 5.74) is -4.38. The van der Waals surface area contributed by atoms with Gasteiger partial charge >= 0.3 is 59.1 Å². The number of rotatable bonds is 10. The average molecular weight is 799 g/mol. The summed E-state index contributed by atoms with van der Waals surface area (Å²) >= 11 is 0. The molecule has 22 nitrogen and oxygen atoms in total. The Balaban J connectivity index is 0.00000392. The fourth-order valence-corrected chi connectivity index (χ4v) is 5.54. The van der Waals surface area contributed by atoms with Crippen LogP contribution in [0.3, 0.4) is 0 Å². The SMILES string of the molecule is O=[N+]([O-])c1ccc(N=Nc2c(S(=O)(=O)O)cc3cc(S(=O)(=O)O)cc(N=Nc4ccc([O-])c(N=Nc5cc([N+](=O)[O-])ccc5[O-])c4O)c3c2O)cc1.[Na+].[Na+]. The van der Waals surface area contributed by atoms with Crippen molar-refractivity contribution in [3.05, 3.63) is 93.0 Å². The molecule has 266 valence electrons. The molecule has 0 saturated heterocycles. The largest absolute Gasteiger partial charge is 1.00 e. The third kappa shape index (κ3) is 9.55. The summed E-state index contributed by atoms with van der Waals surface area (Å²) < 4.78 is 68.4. The fourth-order valence-electron chi connectivity index (χ4n) is 4.35. The minimum Gasteiger partial charge on any atom is -0.871 e. The van der Waals surface area contributed by atoms with E-state index in [1.807, 2.05) is 0 Å². The van der Waals surface area contributed by atoms with Crippen LogP contribution in [-0.4, -0.2) is 46.0 Å². The zero-order valence-corrected chi connectivity index (χ0v) is 32.8. The summed E-state index contributed by atoms with van der Waals surface area (Å²) in [6.45, 7) is 0. The fraction of sp³-hybridized carbons (Fsp3) is 0. The van der Waals surface area contributed by atoms with Gasteiger partial charge in [-0.2, -0.15) is 27.1 Å². The second kappa shape index (κ2) is 17.0. The van der Waals surface area contributed by atoms with Crippen molar-refractivity contribution < 1.29 is 115 Å². The molecular formula is C28H16N8Na2O14S2. The van der Waals surface area contributed by atoms with Crippen LogP contribution in [0.4, 0.5) is 45.5 Å². The average Bonchev–Trinajstić information content (AvgIpc) is 3.07. The van der Waals surface area contributed by atoms with Crippen molar-refractivity contribution in [2.24, 2.45) is 30.7 Å². The molecule has 0 aliphatic heterocycles. The van der Waals surface area contributed by atoms with Crippen molar-refractivity contribution in [1.29, 1.82) is 0 Å². The predicted octanol–water partition coefficient (Wildman–Crippen LogP) is -0.0378. The van der Waals surface area contributed by atoms with E-state index in [9.17, 15) is 66.6 Å². The van der Waals surface area contributed by atoms with Crippen molar-refractivity contribution in [2.45, 2.75) is 9.79 Å². The number of azo groups is 3. The van der Waals surface area contributed by atoms with E-state index >= 15 is 0 Å². The Morgan fingerprint density at radius 3 is 1.70 bits per heavy atom. The van der Waals surface area contributed by atoms with E-state index in [0.717, 1.165) is 54.6 Å². The normalized spacial score (nSPS) is 11.9. The van der Waals surface area contributed by atoms with Gasteiger partial charge in [-0.1, -0.05) is 23.6 Å². The Labute approximate surface area is 345 Å². The van der Waals surface area contributed by atoms with Gasteiger partial charge in [0, 0.05) is 24.3 Å². The summed E-state index contributed by atoms with van der Waals surface area (Å²) in [4.78, 5) is 18.5. The third-order valence-corrected chi connectivity index (χ3v) is 8.47. The monoisotopic (exact) mass is 798 g/mol. The number of non-ortho nitro benzene ring substituents is 2. The van der Waals surface area contributed by atoms with Gasteiger partial charge in [-0.3, -0.25) is 29.3 Å².